The molecule has 0 unspecified atom stereocenters. The molecule has 6 nitrogen and oxygen atoms in total. The van der Waals surface area contributed by atoms with Gasteiger partial charge in [0, 0.05) is 12.5 Å². The Balaban J connectivity index is 0.000000167. The Morgan fingerprint density at radius 3 is 1.19 bits per heavy atom. The highest BCUT2D eigenvalue weighted by Gasteiger charge is 2.49. The lowest BCUT2D eigenvalue weighted by molar-refractivity contribution is -0.274. The van der Waals surface area contributed by atoms with Crippen LogP contribution in [-0.2, 0) is 19.7 Å². The molecule has 0 bridgehead atoms. The Bertz CT molecular complexity index is 2390. The third kappa shape index (κ3) is 8.39. The first-order valence-electron chi connectivity index (χ1n) is 17.3. The Morgan fingerprint density at radius 2 is 0.889 bits per heavy atom. The molecule has 0 aliphatic heterocycles. The van der Waals surface area contributed by atoms with Gasteiger partial charge in [-0.25, -0.2) is 16.8 Å². The van der Waals surface area contributed by atoms with Gasteiger partial charge in [-0.2, -0.15) is 0 Å². The minimum Gasteiger partial charge on any atom is -0.505 e. The van der Waals surface area contributed by atoms with E-state index in [1.807, 2.05) is 24.3 Å². The van der Waals surface area contributed by atoms with Crippen LogP contribution in [-0.4, -0.2) is 40.8 Å². The normalized spacial score (nSPS) is 18.6. The molecular formula is C41H37Cl2F3O6S2. The number of hydrogen-bond acceptors (Lipinski definition) is 6. The summed E-state index contributed by atoms with van der Waals surface area (Å²) in [6.07, 6.45) is 6.04. The second-order valence-corrected chi connectivity index (χ2v) is 19.9. The fraction of sp³-hybridized carbons (Fsp3) is 0.317. The number of alkyl halides is 3. The fourth-order valence-corrected chi connectivity index (χ4v) is 9.37. The summed E-state index contributed by atoms with van der Waals surface area (Å²) >= 11 is 12.3. The molecule has 284 valence electrons. The molecule has 13 heteroatoms. The number of phenols is 1. The molecule has 0 saturated heterocycles. The summed E-state index contributed by atoms with van der Waals surface area (Å²) in [4.78, 5) is 0.587. The predicted octanol–water partition coefficient (Wildman–Crippen LogP) is 11.1. The lowest BCUT2D eigenvalue weighted by Gasteiger charge is -2.11. The Kier molecular flexibility index (Phi) is 9.81. The predicted molar refractivity (Wildman–Crippen MR) is 206 cm³/mol. The first-order valence-corrected chi connectivity index (χ1v) is 21.9. The topological polar surface area (TPSA) is 97.7 Å². The number of hydrogen-bond donors (Lipinski definition) is 1. The Morgan fingerprint density at radius 1 is 0.574 bits per heavy atom. The lowest BCUT2D eigenvalue weighted by Crippen LogP contribution is -2.17. The van der Waals surface area contributed by atoms with Crippen molar-refractivity contribution < 1.29 is 39.9 Å². The van der Waals surface area contributed by atoms with Crippen molar-refractivity contribution in [3.63, 3.8) is 0 Å². The summed E-state index contributed by atoms with van der Waals surface area (Å²) in [7, 11) is -6.47. The maximum Gasteiger partial charge on any atom is 0.573 e. The van der Waals surface area contributed by atoms with Crippen LogP contribution in [0.2, 0.25) is 10.0 Å². The monoisotopic (exact) mass is 816 g/mol. The summed E-state index contributed by atoms with van der Waals surface area (Å²) in [6.45, 7) is 0. The van der Waals surface area contributed by atoms with E-state index in [-0.39, 0.29) is 31.9 Å². The highest BCUT2D eigenvalue weighted by Crippen LogP contribution is 2.64. The van der Waals surface area contributed by atoms with E-state index in [1.165, 1.54) is 48.6 Å². The van der Waals surface area contributed by atoms with E-state index in [0.29, 0.717) is 10.3 Å². The minimum absolute atomic E-state index is 0.101. The van der Waals surface area contributed by atoms with Gasteiger partial charge in [-0.15, -0.1) is 13.2 Å². The van der Waals surface area contributed by atoms with Crippen molar-refractivity contribution >= 4 is 65.2 Å². The van der Waals surface area contributed by atoms with Gasteiger partial charge in [0.2, 0.25) is 0 Å². The molecule has 4 aromatic rings. The van der Waals surface area contributed by atoms with Gasteiger partial charge in [0.05, 0.1) is 19.8 Å². The third-order valence-electron chi connectivity index (χ3n) is 10.9. The van der Waals surface area contributed by atoms with E-state index in [2.05, 4.69) is 4.74 Å². The molecule has 0 heterocycles. The number of halogens is 5. The first kappa shape index (κ1) is 38.5. The maximum absolute atomic E-state index is 12.4. The standard InChI is InChI=1S/C21H19F3O3S.C20H18Cl2O3S/c1-28(25,26)17-8-4-15(5-9-17)19-13-20(10-11-20)12-18(19)14-2-6-16(7-3-14)27-21(22,23)24;1-26(24,25)14-4-2-12(3-5-14)15-10-20(6-7-20)11-16(15)13-8-17(21)19(23)18(22)9-13/h2-9H,10-13H2,1H3;2-5,8-9,23H,6-7,10-11H2,1H3. The molecule has 1 N–H and O–H groups in total. The highest BCUT2D eigenvalue weighted by molar-refractivity contribution is 7.91. The van der Waals surface area contributed by atoms with Gasteiger partial charge in [0.15, 0.2) is 25.4 Å². The fourth-order valence-electron chi connectivity index (χ4n) is 7.62. The smallest absolute Gasteiger partial charge is 0.505 e. The average molecular weight is 818 g/mol. The number of benzene rings is 4. The molecule has 2 saturated carbocycles. The van der Waals surface area contributed by atoms with Crippen LogP contribution in [0.4, 0.5) is 13.2 Å². The molecule has 2 spiro atoms. The summed E-state index contributed by atoms with van der Waals surface area (Å²) < 4.78 is 87.9. The highest BCUT2D eigenvalue weighted by atomic mass is 35.5. The number of rotatable bonds is 7. The molecule has 4 aliphatic rings. The number of phenolic OH excluding ortho intramolecular Hbond substituents is 1. The molecule has 2 fully saturated rings. The second-order valence-electron chi connectivity index (χ2n) is 15.1. The maximum atomic E-state index is 12.4. The second kappa shape index (κ2) is 13.8. The van der Waals surface area contributed by atoms with Crippen LogP contribution in [0.25, 0.3) is 22.3 Å². The molecular weight excluding hydrogens is 780 g/mol. The van der Waals surface area contributed by atoms with Crippen LogP contribution < -0.4 is 4.74 Å². The van der Waals surface area contributed by atoms with Crippen molar-refractivity contribution in [2.45, 2.75) is 67.5 Å². The van der Waals surface area contributed by atoms with E-state index in [0.717, 1.165) is 71.9 Å². The lowest BCUT2D eigenvalue weighted by atomic mass is 9.97. The summed E-state index contributed by atoms with van der Waals surface area (Å²) in [5.41, 5.74) is 8.99. The summed E-state index contributed by atoms with van der Waals surface area (Å²) in [6, 6.07) is 23.4. The van der Waals surface area contributed by atoms with E-state index in [4.69, 9.17) is 23.2 Å². The Hall–Kier alpha value is -3.77. The van der Waals surface area contributed by atoms with E-state index in [9.17, 15) is 35.1 Å². The molecule has 0 aromatic heterocycles. The van der Waals surface area contributed by atoms with Crippen molar-refractivity contribution in [1.29, 1.82) is 0 Å². The summed E-state index contributed by atoms with van der Waals surface area (Å²) in [5, 5.41) is 10.3. The van der Waals surface area contributed by atoms with Gasteiger partial charge in [-0.1, -0.05) is 59.6 Å². The van der Waals surface area contributed by atoms with Crippen LogP contribution >= 0.6 is 23.2 Å². The number of sulfone groups is 2. The van der Waals surface area contributed by atoms with Crippen molar-refractivity contribution in [2.24, 2.45) is 10.8 Å². The zero-order chi connectivity index (χ0) is 38.8. The van der Waals surface area contributed by atoms with Crippen LogP contribution in [0, 0.1) is 10.8 Å². The van der Waals surface area contributed by atoms with Gasteiger partial charge in [-0.05, 0) is 155 Å². The van der Waals surface area contributed by atoms with Crippen LogP contribution in [0.15, 0.2) is 94.7 Å². The van der Waals surface area contributed by atoms with Gasteiger partial charge in [0.25, 0.3) is 0 Å². The van der Waals surface area contributed by atoms with Gasteiger partial charge in [0.1, 0.15) is 5.75 Å². The van der Waals surface area contributed by atoms with Crippen molar-refractivity contribution in [3.8, 4) is 11.5 Å². The van der Waals surface area contributed by atoms with E-state index >= 15 is 0 Å². The van der Waals surface area contributed by atoms with Crippen molar-refractivity contribution in [1.82, 2.24) is 0 Å². The number of aromatic hydroxyl groups is 1. The molecule has 4 aromatic carbocycles. The molecule has 8 rings (SSSR count). The quantitative estimate of drug-likeness (QED) is 0.199. The van der Waals surface area contributed by atoms with Gasteiger partial charge < -0.3 is 9.84 Å². The molecule has 4 aliphatic carbocycles. The van der Waals surface area contributed by atoms with Crippen molar-refractivity contribution in [3.05, 3.63) is 117 Å². The van der Waals surface area contributed by atoms with E-state index < -0.39 is 26.0 Å². The molecule has 0 amide bonds. The van der Waals surface area contributed by atoms with Crippen LogP contribution in [0.1, 0.15) is 73.6 Å². The summed E-state index contributed by atoms with van der Waals surface area (Å²) in [5.74, 6) is -0.342. The zero-order valence-electron chi connectivity index (χ0n) is 29.4. The Labute approximate surface area is 323 Å². The molecule has 0 atom stereocenters. The minimum atomic E-state index is -4.71. The van der Waals surface area contributed by atoms with Gasteiger partial charge in [-0.3, -0.25) is 0 Å². The average Bonchev–Trinajstić information content (AvgIpc) is 3.96. The van der Waals surface area contributed by atoms with Crippen molar-refractivity contribution in [2.75, 3.05) is 12.5 Å². The molecule has 54 heavy (non-hydrogen) atoms. The zero-order valence-corrected chi connectivity index (χ0v) is 32.6. The largest absolute Gasteiger partial charge is 0.573 e. The van der Waals surface area contributed by atoms with Crippen LogP contribution in [0.5, 0.6) is 11.5 Å². The molecule has 0 radical (unpaired) electrons. The third-order valence-corrected chi connectivity index (χ3v) is 13.7. The van der Waals surface area contributed by atoms with Gasteiger partial charge >= 0.3 is 6.36 Å². The van der Waals surface area contributed by atoms with Crippen LogP contribution in [0.3, 0.4) is 0 Å². The first-order chi connectivity index (χ1) is 25.2. The SMILES string of the molecule is CS(=O)(=O)c1ccc(C2=C(c3cc(Cl)c(O)c(Cl)c3)CC3(CC3)C2)cc1.CS(=O)(=O)c1ccc(C2=C(c3ccc(OC(F)(F)F)cc3)CC3(CC3)C2)cc1. The number of allylic oxidation sites excluding steroid dienone is 4. The number of ether oxygens (including phenoxy) is 1. The van der Waals surface area contributed by atoms with E-state index in [1.54, 1.807) is 48.5 Å².